The Labute approximate surface area is 121 Å². The van der Waals surface area contributed by atoms with E-state index in [0.29, 0.717) is 0 Å². The Kier molecular flexibility index (Phi) is 3.40. The molecule has 104 valence electrons. The van der Waals surface area contributed by atoms with Crippen molar-refractivity contribution < 1.29 is 0 Å². The Bertz CT molecular complexity index is 711. The average molecular weight is 287 g/mol. The van der Waals surface area contributed by atoms with E-state index in [9.17, 15) is 0 Å². The van der Waals surface area contributed by atoms with Crippen LogP contribution in [0.15, 0.2) is 24.3 Å². The van der Waals surface area contributed by atoms with Crippen LogP contribution >= 0.6 is 11.3 Å². The first-order valence-corrected chi connectivity index (χ1v) is 7.49. The fourth-order valence-corrected chi connectivity index (χ4v) is 2.92. The maximum atomic E-state index is 4.63. The summed E-state index contributed by atoms with van der Waals surface area (Å²) in [5, 5.41) is 14.0. The van der Waals surface area contributed by atoms with Gasteiger partial charge in [0.15, 0.2) is 5.82 Å². The predicted molar refractivity (Wildman–Crippen MR) is 82.4 cm³/mol. The third kappa shape index (κ3) is 2.27. The summed E-state index contributed by atoms with van der Waals surface area (Å²) in [6.45, 7) is 2.13. The van der Waals surface area contributed by atoms with Crippen LogP contribution in [0.25, 0.3) is 15.5 Å². The normalized spacial score (nSPS) is 11.2. The minimum Gasteiger partial charge on any atom is -0.378 e. The molecule has 0 radical (unpaired) electrons. The first-order chi connectivity index (χ1) is 9.69. The van der Waals surface area contributed by atoms with Gasteiger partial charge in [0.05, 0.1) is 0 Å². The molecular weight excluding hydrogens is 270 g/mol. The molecule has 0 aliphatic heterocycles. The summed E-state index contributed by atoms with van der Waals surface area (Å²) in [4.78, 5) is 2.95. The molecule has 0 aliphatic carbocycles. The zero-order valence-electron chi connectivity index (χ0n) is 11.9. The Morgan fingerprint density at radius 3 is 2.55 bits per heavy atom. The van der Waals surface area contributed by atoms with E-state index < -0.39 is 0 Å². The first-order valence-electron chi connectivity index (χ1n) is 6.68. The first kappa shape index (κ1) is 13.1. The van der Waals surface area contributed by atoms with Crippen LogP contribution < -0.4 is 4.90 Å². The van der Waals surface area contributed by atoms with Gasteiger partial charge in [0.1, 0.15) is 5.01 Å². The molecule has 20 heavy (non-hydrogen) atoms. The number of hydrogen-bond acceptors (Lipinski definition) is 5. The van der Waals surface area contributed by atoms with Crippen molar-refractivity contribution in [3.8, 4) is 10.6 Å². The van der Waals surface area contributed by atoms with E-state index in [1.807, 2.05) is 18.6 Å². The number of aryl methyl sites for hydroxylation is 1. The molecule has 1 aromatic carbocycles. The fourth-order valence-electron chi connectivity index (χ4n) is 2.06. The zero-order valence-corrected chi connectivity index (χ0v) is 12.7. The molecule has 6 heteroatoms. The molecule has 5 nitrogen and oxygen atoms in total. The Balaban J connectivity index is 1.97. The van der Waals surface area contributed by atoms with Gasteiger partial charge in [-0.25, -0.2) is 0 Å². The van der Waals surface area contributed by atoms with E-state index in [-0.39, 0.29) is 0 Å². The molecule has 0 spiro atoms. The van der Waals surface area contributed by atoms with E-state index in [1.54, 1.807) is 11.3 Å². The molecule has 0 saturated carbocycles. The number of aromatic nitrogens is 4. The van der Waals surface area contributed by atoms with Gasteiger partial charge in [-0.05, 0) is 30.7 Å². The van der Waals surface area contributed by atoms with Gasteiger partial charge < -0.3 is 4.90 Å². The zero-order chi connectivity index (χ0) is 14.1. The Morgan fingerprint density at radius 1 is 1.15 bits per heavy atom. The van der Waals surface area contributed by atoms with Gasteiger partial charge in [0, 0.05) is 31.8 Å². The summed E-state index contributed by atoms with van der Waals surface area (Å²) in [6.07, 6.45) is 1.95. The van der Waals surface area contributed by atoms with Gasteiger partial charge in [-0.1, -0.05) is 18.3 Å². The monoisotopic (exact) mass is 287 g/mol. The predicted octanol–water partition coefficient (Wildman–Crippen LogP) is 2.87. The van der Waals surface area contributed by atoms with Crippen LogP contribution in [0, 0.1) is 0 Å². The highest BCUT2D eigenvalue weighted by molar-refractivity contribution is 7.19. The number of anilines is 1. The van der Waals surface area contributed by atoms with Crippen LogP contribution in [0.3, 0.4) is 0 Å². The van der Waals surface area contributed by atoms with Crippen molar-refractivity contribution in [2.75, 3.05) is 19.0 Å². The second kappa shape index (κ2) is 5.20. The fraction of sp³-hybridized carbons (Fsp3) is 0.357. The number of nitrogens with zero attached hydrogens (tertiary/aromatic N) is 5. The molecule has 0 unspecified atom stereocenters. The van der Waals surface area contributed by atoms with Gasteiger partial charge in [0.2, 0.25) is 4.96 Å². The lowest BCUT2D eigenvalue weighted by Gasteiger charge is -2.11. The highest BCUT2D eigenvalue weighted by Gasteiger charge is 2.12. The van der Waals surface area contributed by atoms with Crippen molar-refractivity contribution in [2.45, 2.75) is 19.8 Å². The minimum absolute atomic E-state index is 0.861. The van der Waals surface area contributed by atoms with Crippen molar-refractivity contribution in [3.05, 3.63) is 30.1 Å². The highest BCUT2D eigenvalue weighted by Crippen LogP contribution is 2.27. The lowest BCUT2D eigenvalue weighted by atomic mass is 10.2. The molecular formula is C14H17N5S. The highest BCUT2D eigenvalue weighted by atomic mass is 32.1. The van der Waals surface area contributed by atoms with Crippen molar-refractivity contribution in [2.24, 2.45) is 0 Å². The third-order valence-corrected chi connectivity index (χ3v) is 4.11. The molecule has 0 saturated heterocycles. The summed E-state index contributed by atoms with van der Waals surface area (Å²) in [5.74, 6) is 0.940. The molecule has 0 bridgehead atoms. The number of benzene rings is 1. The van der Waals surface area contributed by atoms with E-state index in [1.165, 1.54) is 5.69 Å². The number of fused-ring (bicyclic) bond motifs is 1. The van der Waals surface area contributed by atoms with Gasteiger partial charge in [-0.3, -0.25) is 0 Å². The van der Waals surface area contributed by atoms with Crippen LogP contribution in [0.5, 0.6) is 0 Å². The maximum Gasteiger partial charge on any atom is 0.234 e. The molecule has 0 fully saturated rings. The Morgan fingerprint density at radius 2 is 1.90 bits per heavy atom. The average Bonchev–Trinajstić information content (AvgIpc) is 3.01. The van der Waals surface area contributed by atoms with E-state index in [0.717, 1.165) is 34.2 Å². The summed E-state index contributed by atoms with van der Waals surface area (Å²) < 4.78 is 1.86. The second-order valence-electron chi connectivity index (χ2n) is 4.91. The SMILES string of the molecule is CCCc1nnc2sc(-c3ccc(N(C)C)cc3)nn12. The van der Waals surface area contributed by atoms with Crippen molar-refractivity contribution in [1.82, 2.24) is 19.8 Å². The molecule has 2 aromatic heterocycles. The summed E-state index contributed by atoms with van der Waals surface area (Å²) in [5.41, 5.74) is 2.30. The Hall–Kier alpha value is -1.95. The van der Waals surface area contributed by atoms with Gasteiger partial charge in [-0.15, -0.1) is 10.2 Å². The van der Waals surface area contributed by atoms with Gasteiger partial charge in [0.25, 0.3) is 0 Å². The standard InChI is InChI=1S/C14H17N5S/c1-4-5-12-15-16-14-19(12)17-13(20-14)10-6-8-11(9-7-10)18(2)3/h6-9H,4-5H2,1-3H3. The minimum atomic E-state index is 0.861. The molecule has 3 rings (SSSR count). The summed E-state index contributed by atoms with van der Waals surface area (Å²) in [7, 11) is 4.07. The smallest absolute Gasteiger partial charge is 0.234 e. The largest absolute Gasteiger partial charge is 0.378 e. The van der Waals surface area contributed by atoms with E-state index in [2.05, 4.69) is 51.4 Å². The molecule has 0 atom stereocenters. The van der Waals surface area contributed by atoms with Crippen LogP contribution in [-0.4, -0.2) is 33.9 Å². The summed E-state index contributed by atoms with van der Waals surface area (Å²) in [6, 6.07) is 8.40. The van der Waals surface area contributed by atoms with Crippen LogP contribution in [0.1, 0.15) is 19.2 Å². The molecule has 3 aromatic rings. The number of rotatable bonds is 4. The number of hydrogen-bond donors (Lipinski definition) is 0. The summed E-state index contributed by atoms with van der Waals surface area (Å²) >= 11 is 1.58. The van der Waals surface area contributed by atoms with Crippen molar-refractivity contribution >= 4 is 22.0 Å². The maximum absolute atomic E-state index is 4.63. The lowest BCUT2D eigenvalue weighted by molar-refractivity contribution is 0.778. The van der Waals surface area contributed by atoms with Crippen molar-refractivity contribution in [1.29, 1.82) is 0 Å². The second-order valence-corrected chi connectivity index (χ2v) is 5.87. The molecule has 2 heterocycles. The molecule has 0 aliphatic rings. The third-order valence-electron chi connectivity index (χ3n) is 3.16. The lowest BCUT2D eigenvalue weighted by Crippen LogP contribution is -2.07. The van der Waals surface area contributed by atoms with Crippen molar-refractivity contribution in [3.63, 3.8) is 0 Å². The topological polar surface area (TPSA) is 46.3 Å². The molecule has 0 amide bonds. The van der Waals surface area contributed by atoms with E-state index in [4.69, 9.17) is 0 Å². The van der Waals surface area contributed by atoms with Gasteiger partial charge >= 0.3 is 0 Å². The molecule has 0 N–H and O–H groups in total. The van der Waals surface area contributed by atoms with Crippen LogP contribution in [-0.2, 0) is 6.42 Å². The quantitative estimate of drug-likeness (QED) is 0.740. The van der Waals surface area contributed by atoms with Crippen LogP contribution in [0.2, 0.25) is 0 Å². The van der Waals surface area contributed by atoms with E-state index >= 15 is 0 Å². The van der Waals surface area contributed by atoms with Gasteiger partial charge in [-0.2, -0.15) is 9.61 Å². The van der Waals surface area contributed by atoms with Crippen LogP contribution in [0.4, 0.5) is 5.69 Å².